The minimum absolute atomic E-state index is 0.0244. The Kier molecular flexibility index (Phi) is 6.40. The molecule has 0 radical (unpaired) electrons. The molecule has 0 saturated carbocycles. The van der Waals surface area contributed by atoms with Crippen LogP contribution >= 0.6 is 0 Å². The van der Waals surface area contributed by atoms with Crippen molar-refractivity contribution in [3.63, 3.8) is 0 Å². The van der Waals surface area contributed by atoms with Crippen molar-refractivity contribution in [3.05, 3.63) is 29.3 Å². The van der Waals surface area contributed by atoms with Gasteiger partial charge in [-0.25, -0.2) is 0 Å². The molecule has 3 heteroatoms. The maximum atomic E-state index is 11.8. The lowest BCUT2D eigenvalue weighted by Gasteiger charge is -2.21. The Balaban J connectivity index is 2.91. The van der Waals surface area contributed by atoms with Gasteiger partial charge in [0, 0.05) is 24.3 Å². The first-order valence-electron chi connectivity index (χ1n) is 7.22. The van der Waals surface area contributed by atoms with Gasteiger partial charge in [0.15, 0.2) is 0 Å². The summed E-state index contributed by atoms with van der Waals surface area (Å²) < 4.78 is 0. The van der Waals surface area contributed by atoms with Gasteiger partial charge in [-0.15, -0.1) is 0 Å². The second-order valence-electron chi connectivity index (χ2n) is 4.98. The van der Waals surface area contributed by atoms with Gasteiger partial charge in [0.1, 0.15) is 0 Å². The molecule has 0 aliphatic rings. The molecule has 1 aromatic rings. The summed E-state index contributed by atoms with van der Waals surface area (Å²) in [6.45, 7) is 6.41. The van der Waals surface area contributed by atoms with Gasteiger partial charge in [-0.3, -0.25) is 4.79 Å². The molecule has 0 aromatic heterocycles. The zero-order valence-electron chi connectivity index (χ0n) is 12.5. The highest BCUT2D eigenvalue weighted by molar-refractivity contribution is 5.96. The van der Waals surface area contributed by atoms with Crippen LogP contribution in [0.5, 0.6) is 0 Å². The van der Waals surface area contributed by atoms with Gasteiger partial charge in [-0.05, 0) is 37.5 Å². The van der Waals surface area contributed by atoms with E-state index in [0.29, 0.717) is 6.04 Å². The lowest BCUT2D eigenvalue weighted by molar-refractivity contribution is 0.0962. The summed E-state index contributed by atoms with van der Waals surface area (Å²) in [6, 6.07) is 6.36. The number of amides is 1. The molecule has 19 heavy (non-hydrogen) atoms. The number of carbonyl (C=O) groups is 1. The van der Waals surface area contributed by atoms with Gasteiger partial charge >= 0.3 is 0 Å². The molecular formula is C16H26N2O. The summed E-state index contributed by atoms with van der Waals surface area (Å²) >= 11 is 0. The number of anilines is 1. The van der Waals surface area contributed by atoms with E-state index in [9.17, 15) is 4.79 Å². The third kappa shape index (κ3) is 4.27. The normalized spacial score (nSPS) is 10.6. The molecule has 0 aliphatic carbocycles. The Hall–Kier alpha value is -1.51. The molecule has 0 heterocycles. The SMILES string of the molecule is CCCC(CCC)Nc1cccc(C(=O)NC)c1C. The summed E-state index contributed by atoms with van der Waals surface area (Å²) in [5.74, 6) is -0.0244. The minimum Gasteiger partial charge on any atom is -0.382 e. The fourth-order valence-corrected chi connectivity index (χ4v) is 2.38. The highest BCUT2D eigenvalue weighted by Crippen LogP contribution is 2.22. The van der Waals surface area contributed by atoms with Crippen LogP contribution in [0.3, 0.4) is 0 Å². The van der Waals surface area contributed by atoms with Crippen LogP contribution in [0, 0.1) is 6.92 Å². The molecule has 0 aliphatic heterocycles. The maximum Gasteiger partial charge on any atom is 0.251 e. The van der Waals surface area contributed by atoms with Crippen LogP contribution in [-0.2, 0) is 0 Å². The number of hydrogen-bond donors (Lipinski definition) is 2. The quantitative estimate of drug-likeness (QED) is 0.786. The van der Waals surface area contributed by atoms with E-state index < -0.39 is 0 Å². The summed E-state index contributed by atoms with van der Waals surface area (Å²) in [4.78, 5) is 11.8. The van der Waals surface area contributed by atoms with Crippen molar-refractivity contribution >= 4 is 11.6 Å². The van der Waals surface area contributed by atoms with Crippen LogP contribution < -0.4 is 10.6 Å². The Bertz CT molecular complexity index is 409. The molecule has 3 nitrogen and oxygen atoms in total. The van der Waals surface area contributed by atoms with Crippen molar-refractivity contribution in [2.24, 2.45) is 0 Å². The average molecular weight is 262 g/mol. The topological polar surface area (TPSA) is 41.1 Å². The zero-order chi connectivity index (χ0) is 14.3. The molecule has 0 bridgehead atoms. The third-order valence-electron chi connectivity index (χ3n) is 3.44. The zero-order valence-corrected chi connectivity index (χ0v) is 12.5. The van der Waals surface area contributed by atoms with Crippen LogP contribution in [0.4, 0.5) is 5.69 Å². The highest BCUT2D eigenvalue weighted by atomic mass is 16.1. The molecule has 1 rings (SSSR count). The first kappa shape index (κ1) is 15.5. The molecule has 0 spiro atoms. The second-order valence-corrected chi connectivity index (χ2v) is 4.98. The van der Waals surface area contributed by atoms with Crippen molar-refractivity contribution in [2.75, 3.05) is 12.4 Å². The van der Waals surface area contributed by atoms with E-state index in [1.165, 1.54) is 12.8 Å². The van der Waals surface area contributed by atoms with Crippen LogP contribution in [-0.4, -0.2) is 19.0 Å². The first-order valence-corrected chi connectivity index (χ1v) is 7.22. The Morgan fingerprint density at radius 1 is 1.21 bits per heavy atom. The van der Waals surface area contributed by atoms with Gasteiger partial charge in [-0.1, -0.05) is 32.8 Å². The molecule has 0 atom stereocenters. The molecule has 1 amide bonds. The molecule has 106 valence electrons. The second kappa shape index (κ2) is 7.82. The molecular weight excluding hydrogens is 236 g/mol. The minimum atomic E-state index is -0.0244. The lowest BCUT2D eigenvalue weighted by Crippen LogP contribution is -2.22. The van der Waals surface area contributed by atoms with E-state index in [1.54, 1.807) is 7.05 Å². The Morgan fingerprint density at radius 3 is 2.37 bits per heavy atom. The van der Waals surface area contributed by atoms with E-state index in [4.69, 9.17) is 0 Å². The smallest absolute Gasteiger partial charge is 0.251 e. The van der Waals surface area contributed by atoms with E-state index >= 15 is 0 Å². The summed E-state index contributed by atoms with van der Waals surface area (Å²) in [5, 5.41) is 6.27. The van der Waals surface area contributed by atoms with E-state index in [0.717, 1.165) is 29.7 Å². The third-order valence-corrected chi connectivity index (χ3v) is 3.44. The predicted molar refractivity (Wildman–Crippen MR) is 81.8 cm³/mol. The summed E-state index contributed by atoms with van der Waals surface area (Å²) in [6.07, 6.45) is 4.67. The predicted octanol–water partition coefficient (Wildman–Crippen LogP) is 3.74. The number of hydrogen-bond acceptors (Lipinski definition) is 2. The molecule has 0 fully saturated rings. The van der Waals surface area contributed by atoms with E-state index in [-0.39, 0.29) is 5.91 Å². The lowest BCUT2D eigenvalue weighted by atomic mass is 10.0. The van der Waals surface area contributed by atoms with Crippen LogP contribution in [0.2, 0.25) is 0 Å². The van der Waals surface area contributed by atoms with Crippen molar-refractivity contribution in [3.8, 4) is 0 Å². The first-order chi connectivity index (χ1) is 9.13. The Morgan fingerprint density at radius 2 is 1.84 bits per heavy atom. The van der Waals surface area contributed by atoms with Crippen LogP contribution in [0.15, 0.2) is 18.2 Å². The highest BCUT2D eigenvalue weighted by Gasteiger charge is 2.12. The number of nitrogens with one attached hydrogen (secondary N) is 2. The summed E-state index contributed by atoms with van der Waals surface area (Å²) in [7, 11) is 1.67. The van der Waals surface area contributed by atoms with Crippen LogP contribution in [0.1, 0.15) is 55.5 Å². The Labute approximate surface area is 116 Å². The fourth-order valence-electron chi connectivity index (χ4n) is 2.38. The average Bonchev–Trinajstić information content (AvgIpc) is 2.41. The molecule has 2 N–H and O–H groups in total. The van der Waals surface area contributed by atoms with Crippen molar-refractivity contribution < 1.29 is 4.79 Å². The van der Waals surface area contributed by atoms with Gasteiger partial charge in [0.05, 0.1) is 0 Å². The van der Waals surface area contributed by atoms with Gasteiger partial charge < -0.3 is 10.6 Å². The van der Waals surface area contributed by atoms with Crippen molar-refractivity contribution in [1.82, 2.24) is 5.32 Å². The molecule has 0 saturated heterocycles. The van der Waals surface area contributed by atoms with E-state index in [1.807, 2.05) is 19.1 Å². The van der Waals surface area contributed by atoms with E-state index in [2.05, 4.69) is 30.5 Å². The van der Waals surface area contributed by atoms with Gasteiger partial charge in [-0.2, -0.15) is 0 Å². The molecule has 0 unspecified atom stereocenters. The van der Waals surface area contributed by atoms with Crippen molar-refractivity contribution in [2.45, 2.75) is 52.5 Å². The summed E-state index contributed by atoms with van der Waals surface area (Å²) in [5.41, 5.74) is 2.85. The number of benzene rings is 1. The van der Waals surface area contributed by atoms with Crippen LogP contribution in [0.25, 0.3) is 0 Å². The number of carbonyl (C=O) groups excluding carboxylic acids is 1. The largest absolute Gasteiger partial charge is 0.382 e. The standard InChI is InChI=1S/C16H26N2O/c1-5-8-13(9-6-2)18-15-11-7-10-14(12(15)3)16(19)17-4/h7,10-11,13,18H,5-6,8-9H2,1-4H3,(H,17,19). The fraction of sp³-hybridized carbons (Fsp3) is 0.562. The van der Waals surface area contributed by atoms with Gasteiger partial charge in [0.25, 0.3) is 5.91 Å². The monoisotopic (exact) mass is 262 g/mol. The number of rotatable bonds is 7. The maximum absolute atomic E-state index is 11.8. The van der Waals surface area contributed by atoms with Crippen molar-refractivity contribution in [1.29, 1.82) is 0 Å². The molecule has 1 aromatic carbocycles. The van der Waals surface area contributed by atoms with Gasteiger partial charge in [0.2, 0.25) is 0 Å².